The Hall–Kier alpha value is -2.52. The Labute approximate surface area is 192 Å². The molecular weight excluding hydrogens is 420 g/mol. The van der Waals surface area contributed by atoms with Crippen molar-refractivity contribution in [3.8, 4) is 11.3 Å². The fourth-order valence-corrected chi connectivity index (χ4v) is 5.37. The van der Waals surface area contributed by atoms with Crippen LogP contribution in [0.5, 0.6) is 0 Å². The highest BCUT2D eigenvalue weighted by Crippen LogP contribution is 2.42. The lowest BCUT2D eigenvalue weighted by atomic mass is 9.80. The van der Waals surface area contributed by atoms with Crippen LogP contribution in [0.15, 0.2) is 42.6 Å². The van der Waals surface area contributed by atoms with Crippen LogP contribution in [-0.2, 0) is 19.6 Å². The lowest BCUT2D eigenvalue weighted by Crippen LogP contribution is -2.43. The maximum absolute atomic E-state index is 9.87. The second-order valence-electron chi connectivity index (χ2n) is 10.3. The third-order valence-corrected chi connectivity index (χ3v) is 7.20. The predicted octanol–water partition coefficient (Wildman–Crippen LogP) is 3.00. The molecule has 0 radical (unpaired) electrons. The smallest absolute Gasteiger partial charge is 0.163 e. The van der Waals surface area contributed by atoms with Gasteiger partial charge in [-0.15, -0.1) is 0 Å². The van der Waals surface area contributed by atoms with E-state index < -0.39 is 5.79 Å². The summed E-state index contributed by atoms with van der Waals surface area (Å²) in [5.41, 5.74) is 4.05. The van der Waals surface area contributed by atoms with Gasteiger partial charge in [0.2, 0.25) is 0 Å². The number of fused-ring (bicyclic) bond motifs is 2. The Kier molecular flexibility index (Phi) is 4.78. The van der Waals surface area contributed by atoms with E-state index in [-0.39, 0.29) is 36.2 Å². The van der Waals surface area contributed by atoms with Gasteiger partial charge in [0, 0.05) is 35.8 Å². The molecule has 4 atom stereocenters. The molecule has 1 saturated carbocycles. The van der Waals surface area contributed by atoms with Crippen molar-refractivity contribution in [1.82, 2.24) is 14.6 Å². The van der Waals surface area contributed by atoms with Gasteiger partial charge in [0.1, 0.15) is 11.9 Å². The van der Waals surface area contributed by atoms with E-state index in [4.69, 9.17) is 19.3 Å². The molecule has 3 aromatic rings. The fraction of sp³-hybridized carbons (Fsp3) is 0.520. The number of hydrogen-bond acceptors (Lipinski definition) is 7. The van der Waals surface area contributed by atoms with Crippen molar-refractivity contribution in [2.24, 2.45) is 5.92 Å². The van der Waals surface area contributed by atoms with Gasteiger partial charge in [-0.05, 0) is 38.0 Å². The molecule has 1 aromatic carbocycles. The van der Waals surface area contributed by atoms with E-state index in [0.717, 1.165) is 42.4 Å². The summed E-state index contributed by atoms with van der Waals surface area (Å²) in [6, 6.07) is 12.5. The number of aliphatic hydroxyl groups is 1. The van der Waals surface area contributed by atoms with Gasteiger partial charge in [-0.3, -0.25) is 0 Å². The van der Waals surface area contributed by atoms with Gasteiger partial charge in [-0.1, -0.05) is 25.1 Å². The Balaban J connectivity index is 1.30. The molecule has 33 heavy (non-hydrogen) atoms. The zero-order valence-electron chi connectivity index (χ0n) is 19.2. The number of nitrogens with zero attached hydrogens (tertiary/aromatic N) is 3. The number of nitrogens with one attached hydrogen (secondary N) is 1. The molecule has 0 amide bonds. The predicted molar refractivity (Wildman–Crippen MR) is 123 cm³/mol. The molecule has 4 heterocycles. The van der Waals surface area contributed by atoms with Crippen molar-refractivity contribution in [3.63, 3.8) is 0 Å². The number of rotatable bonds is 5. The number of aliphatic hydroxyl groups excluding tert-OH is 1. The lowest BCUT2D eigenvalue weighted by molar-refractivity contribution is -0.158. The monoisotopic (exact) mass is 450 g/mol. The number of hydrogen-bond donors (Lipinski definition) is 2. The first-order valence-corrected chi connectivity index (χ1v) is 11.6. The van der Waals surface area contributed by atoms with E-state index in [1.54, 1.807) is 6.20 Å². The maximum Gasteiger partial charge on any atom is 0.163 e. The van der Waals surface area contributed by atoms with Gasteiger partial charge in [0.25, 0.3) is 0 Å². The van der Waals surface area contributed by atoms with Crippen LogP contribution in [0, 0.1) is 5.92 Å². The summed E-state index contributed by atoms with van der Waals surface area (Å²) < 4.78 is 19.6. The van der Waals surface area contributed by atoms with Crippen molar-refractivity contribution in [3.05, 3.63) is 48.2 Å². The molecule has 0 unspecified atom stereocenters. The van der Waals surface area contributed by atoms with Gasteiger partial charge in [-0.2, -0.15) is 9.61 Å². The number of ether oxygens (including phenoxy) is 3. The highest BCUT2D eigenvalue weighted by atomic mass is 16.8. The second-order valence-corrected chi connectivity index (χ2v) is 10.3. The Bertz CT molecular complexity index is 1190. The first-order chi connectivity index (χ1) is 15.9. The quantitative estimate of drug-likeness (QED) is 0.618. The van der Waals surface area contributed by atoms with E-state index in [0.29, 0.717) is 0 Å². The number of benzene rings is 1. The van der Waals surface area contributed by atoms with E-state index in [2.05, 4.69) is 41.5 Å². The Morgan fingerprint density at radius 1 is 1.12 bits per heavy atom. The van der Waals surface area contributed by atoms with Gasteiger partial charge in [-0.25, -0.2) is 4.98 Å². The minimum absolute atomic E-state index is 0.00840. The lowest BCUT2D eigenvalue weighted by Gasteiger charge is -2.38. The van der Waals surface area contributed by atoms with Crippen LogP contribution in [0.1, 0.15) is 32.8 Å². The molecule has 6 rings (SSSR count). The summed E-state index contributed by atoms with van der Waals surface area (Å²) in [5.74, 6) is 0.236. The minimum Gasteiger partial charge on any atom is -0.396 e. The third kappa shape index (κ3) is 3.52. The van der Waals surface area contributed by atoms with Crippen LogP contribution >= 0.6 is 0 Å². The average molecular weight is 451 g/mol. The summed E-state index contributed by atoms with van der Waals surface area (Å²) in [6.45, 7) is 7.65. The zero-order chi connectivity index (χ0) is 22.8. The van der Waals surface area contributed by atoms with Crippen LogP contribution in [0.2, 0.25) is 0 Å². The minimum atomic E-state index is -0.650. The fourth-order valence-electron chi connectivity index (χ4n) is 5.37. The molecule has 174 valence electrons. The van der Waals surface area contributed by atoms with Crippen molar-refractivity contribution < 1.29 is 19.3 Å². The largest absolute Gasteiger partial charge is 0.396 e. The molecule has 0 bridgehead atoms. The molecule has 3 fully saturated rings. The Morgan fingerprint density at radius 2 is 1.94 bits per heavy atom. The van der Waals surface area contributed by atoms with Gasteiger partial charge in [0.15, 0.2) is 11.4 Å². The molecule has 3 aliphatic rings. The molecule has 1 aliphatic carbocycles. The van der Waals surface area contributed by atoms with Crippen LogP contribution in [0.3, 0.4) is 0 Å². The average Bonchev–Trinajstić information content (AvgIpc) is 3.44. The summed E-state index contributed by atoms with van der Waals surface area (Å²) in [7, 11) is 0. The summed E-state index contributed by atoms with van der Waals surface area (Å²) in [5, 5.41) is 18.4. The van der Waals surface area contributed by atoms with Crippen LogP contribution in [-0.4, -0.2) is 63.6 Å². The van der Waals surface area contributed by atoms with Crippen LogP contribution in [0.25, 0.3) is 16.9 Å². The highest BCUT2D eigenvalue weighted by Gasteiger charge is 2.53. The molecular formula is C25H30N4O4. The zero-order valence-corrected chi connectivity index (χ0v) is 19.2. The molecule has 2 aromatic heterocycles. The van der Waals surface area contributed by atoms with E-state index in [9.17, 15) is 5.11 Å². The van der Waals surface area contributed by atoms with Crippen molar-refractivity contribution >= 4 is 11.5 Å². The van der Waals surface area contributed by atoms with E-state index in [1.807, 2.05) is 30.5 Å². The summed E-state index contributed by atoms with van der Waals surface area (Å²) in [4.78, 5) is 4.53. The molecule has 8 heteroatoms. The van der Waals surface area contributed by atoms with Gasteiger partial charge >= 0.3 is 0 Å². The third-order valence-electron chi connectivity index (χ3n) is 7.20. The number of anilines is 1. The first kappa shape index (κ1) is 21.0. The molecule has 0 spiro atoms. The van der Waals surface area contributed by atoms with Crippen molar-refractivity contribution in [2.75, 3.05) is 25.1 Å². The summed E-state index contributed by atoms with van der Waals surface area (Å²) >= 11 is 0. The standard InChI is InChI=1S/C25H30N4O4/c1-24(2)32-22-16(12-30)10-19(23(22)33-24)27-20-7-8-26-21-11-18(28-29(20)21)15-5-4-6-17(9-15)25(3)13-31-14-25/h4-9,11,16,19,22-23,27,30H,10,12-14H2,1-3H3/t16-,19-,22-,23+/m1/s1. The molecule has 8 nitrogen and oxygen atoms in total. The maximum atomic E-state index is 9.87. The SMILES string of the molecule is CC1(C)O[C@@H]2[C@@H](CO)C[C@@H](Nc3ccnc4cc(-c5cccc(C6(C)COC6)c5)nn34)[C@@H]2O1. The normalized spacial score (nSPS) is 29.7. The van der Waals surface area contributed by atoms with Gasteiger partial charge < -0.3 is 24.6 Å². The van der Waals surface area contributed by atoms with Crippen LogP contribution < -0.4 is 5.32 Å². The van der Waals surface area contributed by atoms with Crippen molar-refractivity contribution in [1.29, 1.82) is 0 Å². The topological polar surface area (TPSA) is 90.1 Å². The molecule has 2 saturated heterocycles. The van der Waals surface area contributed by atoms with E-state index in [1.165, 1.54) is 5.56 Å². The second kappa shape index (κ2) is 7.50. The van der Waals surface area contributed by atoms with E-state index >= 15 is 0 Å². The Morgan fingerprint density at radius 3 is 2.70 bits per heavy atom. The number of aromatic nitrogens is 3. The molecule has 2 aliphatic heterocycles. The first-order valence-electron chi connectivity index (χ1n) is 11.6. The highest BCUT2D eigenvalue weighted by molar-refractivity contribution is 5.66. The van der Waals surface area contributed by atoms with Crippen molar-refractivity contribution in [2.45, 2.75) is 56.6 Å². The molecule has 2 N–H and O–H groups in total. The van der Waals surface area contributed by atoms with Crippen LogP contribution in [0.4, 0.5) is 5.82 Å². The van der Waals surface area contributed by atoms with Gasteiger partial charge in [0.05, 0.1) is 31.1 Å². The summed E-state index contributed by atoms with van der Waals surface area (Å²) in [6.07, 6.45) is 2.31.